The van der Waals surface area contributed by atoms with Crippen LogP contribution in [0.2, 0.25) is 0 Å². The Labute approximate surface area is 101 Å². The second-order valence-electron chi connectivity index (χ2n) is 3.91. The van der Waals surface area contributed by atoms with Crippen LogP contribution in [0, 0.1) is 0 Å². The number of hydrogen-bond donors (Lipinski definition) is 0. The smallest absolute Gasteiger partial charge is 0.305 e. The average Bonchev–Trinajstić information content (AvgIpc) is 2.68. The molecule has 0 fully saturated rings. The first kappa shape index (κ1) is 12.6. The van der Waals surface area contributed by atoms with Crippen LogP contribution in [0.4, 0.5) is 13.2 Å². The molecule has 0 spiro atoms. The molecular formula is C9H12ClF3N4. The van der Waals surface area contributed by atoms with Crippen LogP contribution in [0.3, 0.4) is 0 Å². The maximum Gasteiger partial charge on any atom is 0.451 e. The molecular weight excluding hydrogens is 257 g/mol. The van der Waals surface area contributed by atoms with Gasteiger partial charge in [0.1, 0.15) is 5.82 Å². The number of alkyl halides is 4. The van der Waals surface area contributed by atoms with Crippen LogP contribution in [-0.4, -0.2) is 38.6 Å². The topological polar surface area (TPSA) is 34.0 Å². The summed E-state index contributed by atoms with van der Waals surface area (Å²) >= 11 is 5.58. The third kappa shape index (κ3) is 2.71. The van der Waals surface area contributed by atoms with Crippen LogP contribution >= 0.6 is 11.6 Å². The molecule has 0 saturated heterocycles. The largest absolute Gasteiger partial charge is 0.451 e. The molecule has 0 saturated carbocycles. The lowest BCUT2D eigenvalue weighted by atomic mass is 10.3. The maximum atomic E-state index is 12.6. The highest BCUT2D eigenvalue weighted by molar-refractivity contribution is 6.17. The number of rotatable bonds is 3. The van der Waals surface area contributed by atoms with Gasteiger partial charge in [0.25, 0.3) is 0 Å². The number of fused-ring (bicyclic) bond motifs is 1. The van der Waals surface area contributed by atoms with Crippen molar-refractivity contribution in [2.45, 2.75) is 25.7 Å². The van der Waals surface area contributed by atoms with Gasteiger partial charge in [-0.1, -0.05) is 0 Å². The molecule has 8 heteroatoms. The van der Waals surface area contributed by atoms with E-state index in [-0.39, 0.29) is 6.54 Å². The lowest BCUT2D eigenvalue weighted by Gasteiger charge is -2.27. The van der Waals surface area contributed by atoms with Crippen molar-refractivity contribution in [3.05, 3.63) is 11.6 Å². The Kier molecular flexibility index (Phi) is 3.58. The van der Waals surface area contributed by atoms with E-state index < -0.39 is 12.0 Å². The highest BCUT2D eigenvalue weighted by Crippen LogP contribution is 2.29. The quantitative estimate of drug-likeness (QED) is 0.783. The predicted octanol–water partition coefficient (Wildman–Crippen LogP) is 1.74. The molecule has 2 heterocycles. The van der Waals surface area contributed by atoms with Gasteiger partial charge in [0.15, 0.2) is 0 Å². The molecule has 1 aliphatic heterocycles. The van der Waals surface area contributed by atoms with Crippen molar-refractivity contribution in [1.29, 1.82) is 0 Å². The molecule has 0 unspecified atom stereocenters. The Bertz CT molecular complexity index is 390. The van der Waals surface area contributed by atoms with E-state index in [1.165, 1.54) is 0 Å². The molecule has 17 heavy (non-hydrogen) atoms. The van der Waals surface area contributed by atoms with Crippen molar-refractivity contribution in [3.63, 3.8) is 0 Å². The second kappa shape index (κ2) is 4.81. The van der Waals surface area contributed by atoms with E-state index >= 15 is 0 Å². The minimum absolute atomic E-state index is 0.277. The lowest BCUT2D eigenvalue weighted by molar-refractivity contribution is -0.148. The first-order valence-corrected chi connectivity index (χ1v) is 5.83. The van der Waals surface area contributed by atoms with E-state index in [4.69, 9.17) is 11.6 Å². The summed E-state index contributed by atoms with van der Waals surface area (Å²) in [6, 6.07) is 0. The zero-order valence-electron chi connectivity index (χ0n) is 9.04. The maximum absolute atomic E-state index is 12.6. The molecule has 0 bridgehead atoms. The summed E-state index contributed by atoms with van der Waals surface area (Å²) in [5.41, 5.74) is 0. The monoisotopic (exact) mass is 268 g/mol. The van der Waals surface area contributed by atoms with Gasteiger partial charge in [-0.25, -0.2) is 0 Å². The zero-order valence-corrected chi connectivity index (χ0v) is 9.80. The summed E-state index contributed by atoms with van der Waals surface area (Å²) in [5.74, 6) is 0.0272. The summed E-state index contributed by atoms with van der Waals surface area (Å²) in [6.07, 6.45) is -3.61. The van der Waals surface area contributed by atoms with E-state index in [2.05, 4.69) is 10.2 Å². The SMILES string of the molecule is FC(F)(F)c1nnc2n1CCN(CCCCl)C2. The lowest BCUT2D eigenvalue weighted by Crippen LogP contribution is -2.36. The normalized spacial score (nSPS) is 17.2. The number of aromatic nitrogens is 3. The third-order valence-corrected chi connectivity index (χ3v) is 2.96. The van der Waals surface area contributed by atoms with E-state index in [0.717, 1.165) is 17.5 Å². The summed E-state index contributed by atoms with van der Waals surface area (Å²) in [5, 5.41) is 6.82. The van der Waals surface area contributed by atoms with Crippen molar-refractivity contribution >= 4 is 11.6 Å². The van der Waals surface area contributed by atoms with E-state index in [9.17, 15) is 13.2 Å². The van der Waals surface area contributed by atoms with E-state index in [1.807, 2.05) is 4.90 Å². The molecule has 0 N–H and O–H groups in total. The molecule has 96 valence electrons. The van der Waals surface area contributed by atoms with Crippen molar-refractivity contribution in [2.75, 3.05) is 19.0 Å². The van der Waals surface area contributed by atoms with Gasteiger partial charge in [-0.2, -0.15) is 13.2 Å². The molecule has 0 radical (unpaired) electrons. The summed E-state index contributed by atoms with van der Waals surface area (Å²) < 4.78 is 38.8. The molecule has 2 rings (SSSR count). The predicted molar refractivity (Wildman–Crippen MR) is 55.6 cm³/mol. The Morgan fingerprint density at radius 3 is 2.65 bits per heavy atom. The van der Waals surface area contributed by atoms with Gasteiger partial charge in [0.05, 0.1) is 6.54 Å². The number of nitrogens with zero attached hydrogens (tertiary/aromatic N) is 4. The second-order valence-corrected chi connectivity index (χ2v) is 4.29. The van der Waals surface area contributed by atoms with Crippen LogP contribution < -0.4 is 0 Å². The first-order valence-electron chi connectivity index (χ1n) is 5.30. The van der Waals surface area contributed by atoms with Gasteiger partial charge in [-0.15, -0.1) is 21.8 Å². The summed E-state index contributed by atoms with van der Waals surface area (Å²) in [4.78, 5) is 2.03. The van der Waals surface area contributed by atoms with Gasteiger partial charge in [0, 0.05) is 19.0 Å². The standard InChI is InChI=1S/C9H12ClF3N4/c10-2-1-3-16-4-5-17-7(6-16)14-15-8(17)9(11,12)13/h1-6H2. The Balaban J connectivity index is 2.11. The minimum Gasteiger partial charge on any atom is -0.305 e. The van der Waals surface area contributed by atoms with Crippen LogP contribution in [0.1, 0.15) is 18.1 Å². The zero-order chi connectivity index (χ0) is 12.5. The fourth-order valence-corrected chi connectivity index (χ4v) is 2.01. The first-order chi connectivity index (χ1) is 8.02. The minimum atomic E-state index is -4.43. The van der Waals surface area contributed by atoms with Crippen LogP contribution in [-0.2, 0) is 19.3 Å². The molecule has 1 aromatic rings. The molecule has 0 aromatic carbocycles. The fraction of sp³-hybridized carbons (Fsp3) is 0.778. The van der Waals surface area contributed by atoms with Gasteiger partial charge in [-0.3, -0.25) is 4.90 Å². The van der Waals surface area contributed by atoms with Gasteiger partial charge in [0.2, 0.25) is 5.82 Å². The van der Waals surface area contributed by atoms with E-state index in [1.54, 1.807) is 0 Å². The molecule has 1 aromatic heterocycles. The molecule has 0 amide bonds. The van der Waals surface area contributed by atoms with Gasteiger partial charge < -0.3 is 4.57 Å². The molecule has 0 atom stereocenters. The third-order valence-electron chi connectivity index (χ3n) is 2.69. The van der Waals surface area contributed by atoms with Crippen molar-refractivity contribution in [1.82, 2.24) is 19.7 Å². The van der Waals surface area contributed by atoms with Crippen LogP contribution in [0.15, 0.2) is 0 Å². The van der Waals surface area contributed by atoms with Crippen LogP contribution in [0.25, 0.3) is 0 Å². The Morgan fingerprint density at radius 2 is 2.00 bits per heavy atom. The molecule has 1 aliphatic rings. The Hall–Kier alpha value is -0.820. The number of halogens is 4. The van der Waals surface area contributed by atoms with E-state index in [0.29, 0.717) is 24.8 Å². The highest BCUT2D eigenvalue weighted by atomic mass is 35.5. The average molecular weight is 269 g/mol. The van der Waals surface area contributed by atoms with Crippen molar-refractivity contribution in [3.8, 4) is 0 Å². The van der Waals surface area contributed by atoms with Crippen molar-refractivity contribution < 1.29 is 13.2 Å². The fourth-order valence-electron chi connectivity index (χ4n) is 1.89. The molecule has 4 nitrogen and oxygen atoms in total. The summed E-state index contributed by atoms with van der Waals surface area (Å²) in [7, 11) is 0. The Morgan fingerprint density at radius 1 is 1.24 bits per heavy atom. The van der Waals surface area contributed by atoms with Crippen molar-refractivity contribution in [2.24, 2.45) is 0 Å². The number of hydrogen-bond acceptors (Lipinski definition) is 3. The van der Waals surface area contributed by atoms with Gasteiger partial charge >= 0.3 is 6.18 Å². The van der Waals surface area contributed by atoms with Crippen LogP contribution in [0.5, 0.6) is 0 Å². The van der Waals surface area contributed by atoms with Gasteiger partial charge in [-0.05, 0) is 13.0 Å². The summed E-state index contributed by atoms with van der Waals surface area (Å²) in [6.45, 7) is 2.03. The molecule has 0 aliphatic carbocycles. The highest BCUT2D eigenvalue weighted by Gasteiger charge is 2.39.